The molecule has 1 atom stereocenters. The van der Waals surface area contributed by atoms with Crippen LogP contribution in [0.15, 0.2) is 0 Å². The van der Waals surface area contributed by atoms with Crippen molar-refractivity contribution in [3.05, 3.63) is 0 Å². The van der Waals surface area contributed by atoms with Crippen LogP contribution in [-0.2, 0) is 9.59 Å². The molecule has 21 heavy (non-hydrogen) atoms. The molecule has 1 aliphatic rings. The predicted octanol–water partition coefficient (Wildman–Crippen LogP) is 1.59. The van der Waals surface area contributed by atoms with Crippen molar-refractivity contribution in [2.75, 3.05) is 6.54 Å². The molecule has 2 amide bonds. The van der Waals surface area contributed by atoms with Crippen molar-refractivity contribution in [1.29, 1.82) is 0 Å². The largest absolute Gasteiger partial charge is 0.349 e. The van der Waals surface area contributed by atoms with E-state index < -0.39 is 6.04 Å². The van der Waals surface area contributed by atoms with E-state index in [0.717, 1.165) is 31.6 Å². The van der Waals surface area contributed by atoms with E-state index in [2.05, 4.69) is 24.5 Å². The first-order chi connectivity index (χ1) is 9.23. The molecule has 1 saturated carbocycles. The maximum Gasteiger partial charge on any atom is 0.239 e. The fraction of sp³-hybridized carbons (Fsp3) is 0.867. The van der Waals surface area contributed by atoms with Gasteiger partial charge >= 0.3 is 0 Å². The zero-order chi connectivity index (χ0) is 15.3. The Morgan fingerprint density at radius 2 is 1.81 bits per heavy atom. The Kier molecular flexibility index (Phi) is 8.26. The molecule has 0 aliphatic heterocycles. The van der Waals surface area contributed by atoms with Gasteiger partial charge in [0.1, 0.15) is 0 Å². The number of carbonyl (C=O) groups excluding carboxylic acids is 2. The second kappa shape index (κ2) is 8.59. The summed E-state index contributed by atoms with van der Waals surface area (Å²) in [7, 11) is 0. The van der Waals surface area contributed by atoms with E-state index in [9.17, 15) is 9.59 Å². The van der Waals surface area contributed by atoms with E-state index in [0.29, 0.717) is 0 Å². The van der Waals surface area contributed by atoms with Gasteiger partial charge in [0.05, 0.1) is 12.6 Å². The van der Waals surface area contributed by atoms with Gasteiger partial charge in [0.2, 0.25) is 11.8 Å². The highest BCUT2D eigenvalue weighted by Crippen LogP contribution is 2.31. The third kappa shape index (κ3) is 6.66. The average molecular weight is 320 g/mol. The highest BCUT2D eigenvalue weighted by atomic mass is 35.5. The van der Waals surface area contributed by atoms with E-state index in [-0.39, 0.29) is 42.2 Å². The molecule has 6 heteroatoms. The fourth-order valence-electron chi connectivity index (χ4n) is 2.49. The molecule has 0 radical (unpaired) electrons. The molecular weight excluding hydrogens is 290 g/mol. The van der Waals surface area contributed by atoms with E-state index in [1.165, 1.54) is 0 Å². The molecule has 5 nitrogen and oxygen atoms in total. The van der Waals surface area contributed by atoms with Gasteiger partial charge in [0.25, 0.3) is 0 Å². The number of nitrogens with one attached hydrogen (secondary N) is 2. The monoisotopic (exact) mass is 319 g/mol. The summed E-state index contributed by atoms with van der Waals surface area (Å²) in [6.07, 6.45) is 4.28. The van der Waals surface area contributed by atoms with Crippen molar-refractivity contribution in [1.82, 2.24) is 10.6 Å². The van der Waals surface area contributed by atoms with Gasteiger partial charge in [0, 0.05) is 5.54 Å². The lowest BCUT2D eigenvalue weighted by Gasteiger charge is -2.37. The summed E-state index contributed by atoms with van der Waals surface area (Å²) in [4.78, 5) is 23.6. The van der Waals surface area contributed by atoms with Crippen LogP contribution in [0.25, 0.3) is 0 Å². The molecule has 0 spiro atoms. The predicted molar refractivity (Wildman–Crippen MR) is 87.3 cm³/mol. The first-order valence-corrected chi connectivity index (χ1v) is 7.58. The van der Waals surface area contributed by atoms with Gasteiger partial charge in [-0.3, -0.25) is 9.59 Å². The molecule has 0 heterocycles. The molecule has 0 aromatic heterocycles. The molecule has 4 N–H and O–H groups in total. The molecule has 1 fully saturated rings. The lowest BCUT2D eigenvalue weighted by molar-refractivity contribution is -0.128. The van der Waals surface area contributed by atoms with Crippen LogP contribution in [0.3, 0.4) is 0 Å². The standard InChI is InChI=1S/C15H29N3O2.ClH/c1-10(2)13(16)14(20)17-9-12(19)18-15(4)7-5-11(3)6-8-15;/h10-11,13H,5-9,16H2,1-4H3,(H,17,20)(H,18,19);1H/t11?,13-,15?;/m0./s1. The van der Waals surface area contributed by atoms with Crippen molar-refractivity contribution in [3.63, 3.8) is 0 Å². The topological polar surface area (TPSA) is 84.2 Å². The van der Waals surface area contributed by atoms with Crippen LogP contribution in [0.2, 0.25) is 0 Å². The Morgan fingerprint density at radius 3 is 2.29 bits per heavy atom. The molecule has 0 aromatic rings. The molecule has 0 unspecified atom stereocenters. The second-order valence-electron chi connectivity index (χ2n) is 6.78. The Hall–Kier alpha value is -0.810. The van der Waals surface area contributed by atoms with Gasteiger partial charge in [-0.15, -0.1) is 12.4 Å². The van der Waals surface area contributed by atoms with Gasteiger partial charge in [-0.2, -0.15) is 0 Å². The van der Waals surface area contributed by atoms with Gasteiger partial charge in [0.15, 0.2) is 0 Å². The summed E-state index contributed by atoms with van der Waals surface area (Å²) in [6, 6.07) is -0.561. The number of hydrogen-bond donors (Lipinski definition) is 3. The van der Waals surface area contributed by atoms with Crippen molar-refractivity contribution < 1.29 is 9.59 Å². The summed E-state index contributed by atoms with van der Waals surface area (Å²) in [5.41, 5.74) is 5.60. The van der Waals surface area contributed by atoms with E-state index >= 15 is 0 Å². The van der Waals surface area contributed by atoms with Crippen LogP contribution < -0.4 is 16.4 Å². The Balaban J connectivity index is 0.00000400. The lowest BCUT2D eigenvalue weighted by Crippen LogP contribution is -2.53. The highest BCUT2D eigenvalue weighted by molar-refractivity contribution is 5.87. The van der Waals surface area contributed by atoms with Crippen LogP contribution in [0.1, 0.15) is 53.4 Å². The molecule has 124 valence electrons. The van der Waals surface area contributed by atoms with Gasteiger partial charge in [-0.05, 0) is 44.4 Å². The number of rotatable bonds is 5. The van der Waals surface area contributed by atoms with Crippen LogP contribution in [0.4, 0.5) is 0 Å². The minimum absolute atomic E-state index is 0. The maximum absolute atomic E-state index is 11.9. The van der Waals surface area contributed by atoms with Crippen molar-refractivity contribution >= 4 is 24.2 Å². The van der Waals surface area contributed by atoms with E-state index in [1.807, 2.05) is 13.8 Å². The van der Waals surface area contributed by atoms with Gasteiger partial charge in [-0.1, -0.05) is 20.8 Å². The number of halogens is 1. The van der Waals surface area contributed by atoms with Crippen molar-refractivity contribution in [3.8, 4) is 0 Å². The Labute approximate surface area is 134 Å². The van der Waals surface area contributed by atoms with Crippen molar-refractivity contribution in [2.45, 2.75) is 65.0 Å². The number of amides is 2. The minimum atomic E-state index is -0.561. The van der Waals surface area contributed by atoms with Crippen LogP contribution in [-0.4, -0.2) is 29.9 Å². The zero-order valence-electron chi connectivity index (χ0n) is 13.6. The summed E-state index contributed by atoms with van der Waals surface area (Å²) in [6.45, 7) is 8.10. The first kappa shape index (κ1) is 20.2. The Morgan fingerprint density at radius 1 is 1.29 bits per heavy atom. The van der Waals surface area contributed by atoms with Gasteiger partial charge < -0.3 is 16.4 Å². The van der Waals surface area contributed by atoms with Crippen molar-refractivity contribution in [2.24, 2.45) is 17.6 Å². The Bertz CT molecular complexity index is 353. The highest BCUT2D eigenvalue weighted by Gasteiger charge is 2.31. The molecule has 1 rings (SSSR count). The van der Waals surface area contributed by atoms with Gasteiger partial charge in [-0.25, -0.2) is 0 Å². The zero-order valence-corrected chi connectivity index (χ0v) is 14.4. The SMILES string of the molecule is CC1CCC(C)(NC(=O)CNC(=O)[C@@H](N)C(C)C)CC1.Cl. The molecule has 0 bridgehead atoms. The van der Waals surface area contributed by atoms with Crippen LogP contribution in [0, 0.1) is 11.8 Å². The summed E-state index contributed by atoms with van der Waals surface area (Å²) >= 11 is 0. The van der Waals surface area contributed by atoms with Crippen LogP contribution >= 0.6 is 12.4 Å². The number of nitrogens with two attached hydrogens (primary N) is 1. The number of hydrogen-bond acceptors (Lipinski definition) is 3. The molecule has 0 saturated heterocycles. The maximum atomic E-state index is 11.9. The average Bonchev–Trinajstić information content (AvgIpc) is 2.38. The third-order valence-corrected chi connectivity index (χ3v) is 4.26. The van der Waals surface area contributed by atoms with E-state index in [4.69, 9.17) is 5.73 Å². The quantitative estimate of drug-likeness (QED) is 0.719. The summed E-state index contributed by atoms with van der Waals surface area (Å²) in [5, 5.41) is 5.65. The number of carbonyl (C=O) groups is 2. The lowest BCUT2D eigenvalue weighted by atomic mass is 9.78. The normalized spacial score (nSPS) is 26.7. The fourth-order valence-corrected chi connectivity index (χ4v) is 2.49. The smallest absolute Gasteiger partial charge is 0.239 e. The minimum Gasteiger partial charge on any atom is -0.349 e. The molecular formula is C15H30ClN3O2. The third-order valence-electron chi connectivity index (χ3n) is 4.26. The second-order valence-corrected chi connectivity index (χ2v) is 6.78. The molecule has 0 aromatic carbocycles. The first-order valence-electron chi connectivity index (χ1n) is 7.58. The summed E-state index contributed by atoms with van der Waals surface area (Å²) < 4.78 is 0. The van der Waals surface area contributed by atoms with Crippen LogP contribution in [0.5, 0.6) is 0 Å². The van der Waals surface area contributed by atoms with E-state index in [1.54, 1.807) is 0 Å². The molecule has 1 aliphatic carbocycles. The summed E-state index contributed by atoms with van der Waals surface area (Å²) in [5.74, 6) is 0.406.